The van der Waals surface area contributed by atoms with E-state index in [1.54, 1.807) is 31.2 Å². The summed E-state index contributed by atoms with van der Waals surface area (Å²) >= 11 is 0. The number of amides is 1. The smallest absolute Gasteiger partial charge is 0.346 e. The van der Waals surface area contributed by atoms with Crippen LogP contribution in [0, 0.1) is 10.1 Å². The molecule has 2 rings (SSSR count). The number of rotatable bonds is 9. The van der Waals surface area contributed by atoms with Crippen molar-refractivity contribution in [2.45, 2.75) is 20.0 Å². The van der Waals surface area contributed by atoms with Crippen LogP contribution in [0.25, 0.3) is 0 Å². The molecule has 0 saturated heterocycles. The molecule has 2 aromatic carbocycles. The Labute approximate surface area is 172 Å². The summed E-state index contributed by atoms with van der Waals surface area (Å²) in [4.78, 5) is 35.5. The van der Waals surface area contributed by atoms with Crippen molar-refractivity contribution >= 4 is 23.3 Å². The highest BCUT2D eigenvalue weighted by Crippen LogP contribution is 2.35. The van der Waals surface area contributed by atoms with Crippen LogP contribution in [0.1, 0.15) is 24.2 Å². The van der Waals surface area contributed by atoms with Crippen LogP contribution in [-0.2, 0) is 9.53 Å². The van der Waals surface area contributed by atoms with Crippen molar-refractivity contribution in [1.82, 2.24) is 0 Å². The summed E-state index contributed by atoms with van der Waals surface area (Å²) in [6.45, 7) is 3.32. The SMILES string of the molecule is CCOc1cc(C(=O)O[C@@H](C)C(=O)Nc2ccc(OC)cc2)c([N+](=O)[O-])cc1OC. The third-order valence-corrected chi connectivity index (χ3v) is 4.01. The summed E-state index contributed by atoms with van der Waals surface area (Å²) in [5.74, 6) is -0.778. The topological polar surface area (TPSA) is 126 Å². The largest absolute Gasteiger partial charge is 0.497 e. The average molecular weight is 418 g/mol. The molecule has 0 heterocycles. The molecule has 30 heavy (non-hydrogen) atoms. The molecule has 0 aliphatic heterocycles. The van der Waals surface area contributed by atoms with Gasteiger partial charge in [0.05, 0.1) is 31.8 Å². The van der Waals surface area contributed by atoms with Crippen molar-refractivity contribution in [1.29, 1.82) is 0 Å². The number of hydrogen-bond acceptors (Lipinski definition) is 8. The number of nitro groups is 1. The lowest BCUT2D eigenvalue weighted by Gasteiger charge is -2.15. The molecule has 1 amide bonds. The Hall–Kier alpha value is -3.82. The van der Waals surface area contributed by atoms with E-state index in [0.29, 0.717) is 11.4 Å². The number of hydrogen-bond donors (Lipinski definition) is 1. The van der Waals surface area contributed by atoms with Crippen molar-refractivity contribution < 1.29 is 33.5 Å². The zero-order chi connectivity index (χ0) is 22.3. The van der Waals surface area contributed by atoms with E-state index in [9.17, 15) is 19.7 Å². The quantitative estimate of drug-likeness (QED) is 0.374. The third-order valence-electron chi connectivity index (χ3n) is 4.01. The summed E-state index contributed by atoms with van der Waals surface area (Å²) in [6, 6.07) is 8.78. The zero-order valence-corrected chi connectivity index (χ0v) is 17.0. The van der Waals surface area contributed by atoms with Crippen molar-refractivity contribution in [3.63, 3.8) is 0 Å². The van der Waals surface area contributed by atoms with Gasteiger partial charge in [-0.25, -0.2) is 4.79 Å². The number of carbonyl (C=O) groups excluding carboxylic acids is 2. The number of nitrogens with one attached hydrogen (secondary N) is 1. The standard InChI is InChI=1S/C20H22N2O8/c1-5-29-18-10-15(16(22(25)26)11-17(18)28-4)20(24)30-12(2)19(23)21-13-6-8-14(27-3)9-7-13/h6-12H,5H2,1-4H3,(H,21,23)/t12-/m0/s1. The lowest BCUT2D eigenvalue weighted by molar-refractivity contribution is -0.385. The Balaban J connectivity index is 2.19. The maximum absolute atomic E-state index is 12.6. The Kier molecular flexibility index (Phi) is 7.56. The van der Waals surface area contributed by atoms with Crippen LogP contribution in [0.4, 0.5) is 11.4 Å². The minimum absolute atomic E-state index is 0.102. The number of methoxy groups -OCH3 is 2. The molecule has 0 aliphatic rings. The fourth-order valence-electron chi connectivity index (χ4n) is 2.49. The summed E-state index contributed by atoms with van der Waals surface area (Å²) in [7, 11) is 2.84. The number of carbonyl (C=O) groups is 2. The first-order chi connectivity index (χ1) is 14.3. The molecule has 10 nitrogen and oxygen atoms in total. The number of anilines is 1. The Morgan fingerprint density at radius 1 is 1.10 bits per heavy atom. The van der Waals surface area contributed by atoms with Gasteiger partial charge in [-0.1, -0.05) is 0 Å². The van der Waals surface area contributed by atoms with Crippen molar-refractivity contribution in [2.75, 3.05) is 26.1 Å². The van der Waals surface area contributed by atoms with Crippen LogP contribution in [-0.4, -0.2) is 43.7 Å². The minimum atomic E-state index is -1.21. The summed E-state index contributed by atoms with van der Waals surface area (Å²) < 4.78 is 20.6. The molecule has 0 spiro atoms. The van der Waals surface area contributed by atoms with Gasteiger partial charge in [0.25, 0.3) is 11.6 Å². The van der Waals surface area contributed by atoms with Crippen molar-refractivity contribution in [2.24, 2.45) is 0 Å². The number of esters is 1. The lowest BCUT2D eigenvalue weighted by Crippen LogP contribution is -2.30. The van der Waals surface area contributed by atoms with Gasteiger partial charge in [0.15, 0.2) is 17.6 Å². The first-order valence-electron chi connectivity index (χ1n) is 8.95. The van der Waals surface area contributed by atoms with Gasteiger partial charge in [-0.15, -0.1) is 0 Å². The van der Waals surface area contributed by atoms with E-state index in [4.69, 9.17) is 18.9 Å². The zero-order valence-electron chi connectivity index (χ0n) is 17.0. The predicted molar refractivity (Wildman–Crippen MR) is 107 cm³/mol. The summed E-state index contributed by atoms with van der Waals surface area (Å²) in [5, 5.41) is 14.0. The molecule has 10 heteroatoms. The molecule has 0 unspecified atom stereocenters. The highest BCUT2D eigenvalue weighted by atomic mass is 16.6. The van der Waals surface area contributed by atoms with Crippen molar-refractivity contribution in [3.05, 3.63) is 52.1 Å². The molecule has 0 radical (unpaired) electrons. The van der Waals surface area contributed by atoms with E-state index in [1.807, 2.05) is 0 Å². The first kappa shape index (κ1) is 22.5. The second-order valence-corrected chi connectivity index (χ2v) is 5.98. The molecule has 0 bridgehead atoms. The van der Waals surface area contributed by atoms with E-state index in [0.717, 1.165) is 12.1 Å². The Morgan fingerprint density at radius 2 is 1.77 bits per heavy atom. The van der Waals surface area contributed by atoms with Crippen LogP contribution in [0.2, 0.25) is 0 Å². The van der Waals surface area contributed by atoms with Gasteiger partial charge in [0.1, 0.15) is 11.3 Å². The summed E-state index contributed by atoms with van der Waals surface area (Å²) in [5.41, 5.74) is -0.408. The van der Waals surface area contributed by atoms with E-state index < -0.39 is 28.6 Å². The van der Waals surface area contributed by atoms with Gasteiger partial charge in [0, 0.05) is 11.8 Å². The Morgan fingerprint density at radius 3 is 2.30 bits per heavy atom. The lowest BCUT2D eigenvalue weighted by atomic mass is 10.1. The highest BCUT2D eigenvalue weighted by Gasteiger charge is 2.28. The fraction of sp³-hybridized carbons (Fsp3) is 0.300. The predicted octanol–water partition coefficient (Wildman–Crippen LogP) is 3.19. The van der Waals surface area contributed by atoms with E-state index in [2.05, 4.69) is 5.32 Å². The maximum atomic E-state index is 12.6. The molecular formula is C20H22N2O8. The van der Waals surface area contributed by atoms with E-state index in [-0.39, 0.29) is 23.7 Å². The highest BCUT2D eigenvalue weighted by molar-refractivity contribution is 5.99. The molecule has 1 atom stereocenters. The summed E-state index contributed by atoms with van der Waals surface area (Å²) in [6.07, 6.45) is -1.21. The van der Waals surface area contributed by atoms with E-state index in [1.165, 1.54) is 21.1 Å². The average Bonchev–Trinajstić information content (AvgIpc) is 2.73. The van der Waals surface area contributed by atoms with Crippen LogP contribution >= 0.6 is 0 Å². The molecule has 0 aliphatic carbocycles. The molecule has 0 saturated carbocycles. The Bertz CT molecular complexity index is 927. The van der Waals surface area contributed by atoms with Gasteiger partial charge < -0.3 is 24.3 Å². The van der Waals surface area contributed by atoms with Crippen LogP contribution in [0.3, 0.4) is 0 Å². The maximum Gasteiger partial charge on any atom is 0.346 e. The number of nitrogens with zero attached hydrogens (tertiary/aromatic N) is 1. The first-order valence-corrected chi connectivity index (χ1v) is 8.95. The normalized spacial score (nSPS) is 11.2. The van der Waals surface area contributed by atoms with Crippen molar-refractivity contribution in [3.8, 4) is 17.2 Å². The number of ether oxygens (including phenoxy) is 4. The molecule has 2 aromatic rings. The van der Waals surface area contributed by atoms with Crippen LogP contribution in [0.15, 0.2) is 36.4 Å². The fourth-order valence-corrected chi connectivity index (χ4v) is 2.49. The molecular weight excluding hydrogens is 396 g/mol. The van der Waals surface area contributed by atoms with Gasteiger partial charge in [-0.2, -0.15) is 0 Å². The molecule has 1 N–H and O–H groups in total. The second-order valence-electron chi connectivity index (χ2n) is 5.98. The van der Waals surface area contributed by atoms with Gasteiger partial charge in [-0.3, -0.25) is 14.9 Å². The van der Waals surface area contributed by atoms with Gasteiger partial charge >= 0.3 is 5.97 Å². The number of benzene rings is 2. The molecule has 0 aromatic heterocycles. The third kappa shape index (κ3) is 5.37. The van der Waals surface area contributed by atoms with Gasteiger partial charge in [0.2, 0.25) is 0 Å². The van der Waals surface area contributed by atoms with Crippen LogP contribution in [0.5, 0.6) is 17.2 Å². The van der Waals surface area contributed by atoms with E-state index >= 15 is 0 Å². The number of nitro benzene ring substituents is 1. The van der Waals surface area contributed by atoms with Gasteiger partial charge in [-0.05, 0) is 38.1 Å². The molecule has 160 valence electrons. The molecule has 0 fully saturated rings. The monoisotopic (exact) mass is 418 g/mol. The minimum Gasteiger partial charge on any atom is -0.497 e. The van der Waals surface area contributed by atoms with Crippen LogP contribution < -0.4 is 19.5 Å². The second kappa shape index (κ2) is 10.1.